The van der Waals surface area contributed by atoms with Crippen molar-refractivity contribution < 1.29 is 9.53 Å². The van der Waals surface area contributed by atoms with E-state index < -0.39 is 5.60 Å². The molecule has 2 unspecified atom stereocenters. The van der Waals surface area contributed by atoms with Gasteiger partial charge in [-0.15, -0.1) is 11.3 Å². The topological polar surface area (TPSA) is 50.4 Å². The smallest absolute Gasteiger partial charge is 0.407 e. The van der Waals surface area contributed by atoms with Crippen LogP contribution in [0.15, 0.2) is 12.1 Å². The van der Waals surface area contributed by atoms with Crippen LogP contribution in [0.1, 0.15) is 44.9 Å². The number of hydrogen-bond acceptors (Lipinski definition) is 4. The van der Waals surface area contributed by atoms with E-state index in [1.54, 1.807) is 11.3 Å². The summed E-state index contributed by atoms with van der Waals surface area (Å²) in [6.07, 6.45) is 3.16. The SMILES string of the molecule is CC(C)(C)OC(=O)NCC1CCCC1NCc1ccc(Cl)s1. The Hall–Kier alpha value is -0.780. The average molecular weight is 345 g/mol. The maximum Gasteiger partial charge on any atom is 0.407 e. The number of halogens is 1. The van der Waals surface area contributed by atoms with Gasteiger partial charge in [-0.3, -0.25) is 0 Å². The number of carbonyl (C=O) groups is 1. The van der Waals surface area contributed by atoms with Gasteiger partial charge < -0.3 is 15.4 Å². The van der Waals surface area contributed by atoms with Crippen molar-refractivity contribution in [3.8, 4) is 0 Å². The Labute approximate surface area is 141 Å². The molecule has 0 spiro atoms. The zero-order valence-electron chi connectivity index (χ0n) is 13.4. The molecule has 0 radical (unpaired) electrons. The van der Waals surface area contributed by atoms with Crippen molar-refractivity contribution in [3.05, 3.63) is 21.3 Å². The van der Waals surface area contributed by atoms with Crippen LogP contribution in [0.4, 0.5) is 4.79 Å². The monoisotopic (exact) mass is 344 g/mol. The van der Waals surface area contributed by atoms with E-state index in [9.17, 15) is 4.79 Å². The van der Waals surface area contributed by atoms with Gasteiger partial charge in [0.05, 0.1) is 4.34 Å². The second kappa shape index (κ2) is 7.66. The van der Waals surface area contributed by atoms with Crippen LogP contribution in [0.25, 0.3) is 0 Å². The number of ether oxygens (including phenoxy) is 1. The first kappa shape index (κ1) is 17.6. The fourth-order valence-electron chi connectivity index (χ4n) is 2.76. The highest BCUT2D eigenvalue weighted by Crippen LogP contribution is 2.27. The molecule has 1 aromatic heterocycles. The van der Waals surface area contributed by atoms with Crippen molar-refractivity contribution in [1.29, 1.82) is 0 Å². The molecule has 1 aliphatic rings. The van der Waals surface area contributed by atoms with Crippen molar-refractivity contribution in [3.63, 3.8) is 0 Å². The van der Waals surface area contributed by atoms with Gasteiger partial charge in [-0.25, -0.2) is 4.79 Å². The predicted octanol–water partition coefficient (Wildman–Crippen LogP) is 4.18. The van der Waals surface area contributed by atoms with E-state index in [0.717, 1.165) is 23.7 Å². The zero-order chi connectivity index (χ0) is 16.2. The number of amides is 1. The third kappa shape index (κ3) is 5.78. The van der Waals surface area contributed by atoms with Gasteiger partial charge in [0.2, 0.25) is 0 Å². The fourth-order valence-corrected chi connectivity index (χ4v) is 3.80. The number of nitrogens with one attached hydrogen (secondary N) is 2. The highest BCUT2D eigenvalue weighted by molar-refractivity contribution is 7.16. The first-order chi connectivity index (χ1) is 10.3. The second-order valence-corrected chi connectivity index (χ2v) is 8.57. The third-order valence-corrected chi connectivity index (χ3v) is 4.97. The Morgan fingerprint density at radius 1 is 1.41 bits per heavy atom. The molecule has 22 heavy (non-hydrogen) atoms. The van der Waals surface area contributed by atoms with Crippen LogP contribution < -0.4 is 10.6 Å². The van der Waals surface area contributed by atoms with Crippen LogP contribution in [0, 0.1) is 5.92 Å². The molecule has 2 atom stereocenters. The minimum atomic E-state index is -0.449. The summed E-state index contributed by atoms with van der Waals surface area (Å²) in [7, 11) is 0. The van der Waals surface area contributed by atoms with E-state index >= 15 is 0 Å². The third-order valence-electron chi connectivity index (χ3n) is 3.73. The van der Waals surface area contributed by atoms with Crippen LogP contribution in [0.3, 0.4) is 0 Å². The number of rotatable bonds is 5. The van der Waals surface area contributed by atoms with Crippen LogP contribution >= 0.6 is 22.9 Å². The van der Waals surface area contributed by atoms with Crippen molar-refractivity contribution in [1.82, 2.24) is 10.6 Å². The quantitative estimate of drug-likeness (QED) is 0.842. The standard InChI is InChI=1S/C16H25ClN2O2S/c1-16(2,3)21-15(20)19-9-11-5-4-6-13(11)18-10-12-7-8-14(17)22-12/h7-8,11,13,18H,4-6,9-10H2,1-3H3,(H,19,20). The molecule has 1 heterocycles. The van der Waals surface area contributed by atoms with E-state index in [2.05, 4.69) is 16.7 Å². The second-order valence-electron chi connectivity index (χ2n) is 6.77. The molecule has 0 saturated heterocycles. The van der Waals surface area contributed by atoms with Gasteiger partial charge in [0, 0.05) is 24.0 Å². The lowest BCUT2D eigenvalue weighted by Crippen LogP contribution is -2.40. The summed E-state index contributed by atoms with van der Waals surface area (Å²) in [4.78, 5) is 13.0. The minimum absolute atomic E-state index is 0.330. The van der Waals surface area contributed by atoms with E-state index in [0.29, 0.717) is 18.5 Å². The maximum absolute atomic E-state index is 11.7. The molecule has 2 N–H and O–H groups in total. The molecule has 1 aliphatic carbocycles. The van der Waals surface area contributed by atoms with E-state index in [4.69, 9.17) is 16.3 Å². The van der Waals surface area contributed by atoms with Gasteiger partial charge >= 0.3 is 6.09 Å². The summed E-state index contributed by atoms with van der Waals surface area (Å²) in [6, 6.07) is 4.43. The molecule has 4 nitrogen and oxygen atoms in total. The van der Waals surface area contributed by atoms with Crippen molar-refractivity contribution in [2.75, 3.05) is 6.54 Å². The van der Waals surface area contributed by atoms with Gasteiger partial charge in [-0.2, -0.15) is 0 Å². The molecule has 1 aromatic rings. The lowest BCUT2D eigenvalue weighted by atomic mass is 10.0. The molecule has 6 heteroatoms. The molecular weight excluding hydrogens is 320 g/mol. The van der Waals surface area contributed by atoms with Gasteiger partial charge in [-0.05, 0) is 51.7 Å². The summed E-state index contributed by atoms with van der Waals surface area (Å²) < 4.78 is 6.11. The molecule has 0 aromatic carbocycles. The first-order valence-corrected chi connectivity index (χ1v) is 8.97. The maximum atomic E-state index is 11.7. The Kier molecular flexibility index (Phi) is 6.12. The van der Waals surface area contributed by atoms with Crippen LogP contribution in [0.2, 0.25) is 4.34 Å². The number of carbonyl (C=O) groups excluding carboxylic acids is 1. The van der Waals surface area contributed by atoms with E-state index in [-0.39, 0.29) is 6.09 Å². The first-order valence-electron chi connectivity index (χ1n) is 7.78. The molecular formula is C16H25ClN2O2S. The zero-order valence-corrected chi connectivity index (χ0v) is 15.0. The normalized spacial score (nSPS) is 21.8. The van der Waals surface area contributed by atoms with Crippen molar-refractivity contribution in [2.24, 2.45) is 5.92 Å². The highest BCUT2D eigenvalue weighted by atomic mass is 35.5. The van der Waals surface area contributed by atoms with Gasteiger partial charge in [0.15, 0.2) is 0 Å². The molecule has 0 bridgehead atoms. The summed E-state index contributed by atoms with van der Waals surface area (Å²) >= 11 is 7.56. The summed E-state index contributed by atoms with van der Waals surface area (Å²) in [5, 5.41) is 6.49. The molecule has 124 valence electrons. The Balaban J connectivity index is 1.74. The molecule has 1 fully saturated rings. The molecule has 0 aliphatic heterocycles. The lowest BCUT2D eigenvalue weighted by Gasteiger charge is -2.23. The summed E-state index contributed by atoms with van der Waals surface area (Å²) in [5.41, 5.74) is -0.449. The molecule has 1 saturated carbocycles. The number of thiophene rings is 1. The van der Waals surface area contributed by atoms with Crippen molar-refractivity contribution >= 4 is 29.0 Å². The van der Waals surface area contributed by atoms with Gasteiger partial charge in [-0.1, -0.05) is 18.0 Å². The minimum Gasteiger partial charge on any atom is -0.444 e. The van der Waals surface area contributed by atoms with Gasteiger partial charge in [0.25, 0.3) is 0 Å². The summed E-state index contributed by atoms with van der Waals surface area (Å²) in [5.74, 6) is 0.461. The highest BCUT2D eigenvalue weighted by Gasteiger charge is 2.27. The fraction of sp³-hybridized carbons (Fsp3) is 0.688. The Bertz CT molecular complexity index is 499. The van der Waals surface area contributed by atoms with Crippen LogP contribution in [-0.4, -0.2) is 24.3 Å². The van der Waals surface area contributed by atoms with Gasteiger partial charge in [0.1, 0.15) is 5.60 Å². The predicted molar refractivity (Wildman–Crippen MR) is 91.5 cm³/mol. The largest absolute Gasteiger partial charge is 0.444 e. The number of hydrogen-bond donors (Lipinski definition) is 2. The summed E-state index contributed by atoms with van der Waals surface area (Å²) in [6.45, 7) is 7.12. The Morgan fingerprint density at radius 2 is 2.18 bits per heavy atom. The molecule has 1 amide bonds. The lowest BCUT2D eigenvalue weighted by molar-refractivity contribution is 0.0517. The average Bonchev–Trinajstić information content (AvgIpc) is 3.00. The molecule has 2 rings (SSSR count). The van der Waals surface area contributed by atoms with E-state index in [1.165, 1.54) is 11.3 Å². The van der Waals surface area contributed by atoms with Crippen LogP contribution in [-0.2, 0) is 11.3 Å². The Morgan fingerprint density at radius 3 is 2.82 bits per heavy atom. The van der Waals surface area contributed by atoms with Crippen molar-refractivity contribution in [2.45, 2.75) is 58.2 Å². The van der Waals surface area contributed by atoms with Crippen LogP contribution in [0.5, 0.6) is 0 Å². The van der Waals surface area contributed by atoms with E-state index in [1.807, 2.05) is 26.8 Å². The number of alkyl carbamates (subject to hydrolysis) is 1.